The summed E-state index contributed by atoms with van der Waals surface area (Å²) in [5.41, 5.74) is 1.58. The van der Waals surface area contributed by atoms with Crippen molar-refractivity contribution in [2.45, 2.75) is 44.8 Å². The average Bonchev–Trinajstić information content (AvgIpc) is 3.49. The van der Waals surface area contributed by atoms with E-state index in [2.05, 4.69) is 30.6 Å². The van der Waals surface area contributed by atoms with Crippen LogP contribution in [0.2, 0.25) is 5.02 Å². The van der Waals surface area contributed by atoms with Crippen LogP contribution in [-0.2, 0) is 17.3 Å². The molecular weight excluding hydrogens is 572 g/mol. The second kappa shape index (κ2) is 11.2. The van der Waals surface area contributed by atoms with Crippen LogP contribution in [0.25, 0.3) is 11.3 Å². The van der Waals surface area contributed by atoms with Gasteiger partial charge in [0.2, 0.25) is 0 Å². The first-order valence-electron chi connectivity index (χ1n) is 12.0. The van der Waals surface area contributed by atoms with Crippen LogP contribution in [0.4, 0.5) is 23.4 Å². The van der Waals surface area contributed by atoms with E-state index in [1.807, 2.05) is 19.9 Å². The molecule has 14 heteroatoms. The molecule has 3 unspecified atom stereocenters. The van der Waals surface area contributed by atoms with Crippen molar-refractivity contribution in [3.63, 3.8) is 0 Å². The van der Waals surface area contributed by atoms with Crippen LogP contribution in [0.3, 0.4) is 0 Å². The second-order valence-electron chi connectivity index (χ2n) is 8.91. The maximum Gasteiger partial charge on any atom is 0.418 e. The maximum atomic E-state index is 14.3. The number of halogens is 5. The molecule has 0 aliphatic carbocycles. The highest BCUT2D eigenvalue weighted by atomic mass is 35.5. The molecular formula is C26H21ClF4N6O2S. The third-order valence-electron chi connectivity index (χ3n) is 6.18. The number of nitrogens with zero attached hydrogens (tertiary/aromatic N) is 4. The zero-order valence-corrected chi connectivity index (χ0v) is 22.5. The molecule has 8 nitrogen and oxygen atoms in total. The molecule has 1 aliphatic rings. The normalized spacial score (nSPS) is 17.5. The van der Waals surface area contributed by atoms with Crippen LogP contribution in [0, 0.1) is 5.82 Å². The van der Waals surface area contributed by atoms with Crippen LogP contribution in [0.1, 0.15) is 57.4 Å². The van der Waals surface area contributed by atoms with Gasteiger partial charge in [0, 0.05) is 24.2 Å². The van der Waals surface area contributed by atoms with E-state index in [0.29, 0.717) is 28.8 Å². The predicted molar refractivity (Wildman–Crippen MR) is 140 cm³/mol. The van der Waals surface area contributed by atoms with Crippen LogP contribution >= 0.6 is 22.9 Å². The number of hydrogen-bond donors (Lipinski definition) is 2. The van der Waals surface area contributed by atoms with E-state index in [-0.39, 0.29) is 29.1 Å². The number of rotatable bonds is 8. The first-order chi connectivity index (χ1) is 19.0. The molecule has 0 bridgehead atoms. The van der Waals surface area contributed by atoms with Gasteiger partial charge in [-0.15, -0.1) is 11.3 Å². The highest BCUT2D eigenvalue weighted by molar-refractivity contribution is 7.13. The van der Waals surface area contributed by atoms with E-state index in [0.717, 1.165) is 34.9 Å². The molecule has 1 saturated heterocycles. The summed E-state index contributed by atoms with van der Waals surface area (Å²) in [6, 6.07) is 3.74. The van der Waals surface area contributed by atoms with Crippen molar-refractivity contribution in [2.24, 2.45) is 0 Å². The Labute approximate surface area is 234 Å². The second-order valence-corrected chi connectivity index (χ2v) is 10.4. The summed E-state index contributed by atoms with van der Waals surface area (Å²) in [6.07, 6.45) is 1.91. The van der Waals surface area contributed by atoms with Crippen LogP contribution < -0.4 is 10.6 Å². The predicted octanol–water partition coefficient (Wildman–Crippen LogP) is 6.37. The Morgan fingerprint density at radius 1 is 1.18 bits per heavy atom. The van der Waals surface area contributed by atoms with Gasteiger partial charge in [-0.3, -0.25) is 20.1 Å². The lowest BCUT2D eigenvalue weighted by molar-refractivity contribution is -0.137. The van der Waals surface area contributed by atoms with Crippen LogP contribution in [-0.4, -0.2) is 32.1 Å². The third-order valence-corrected chi connectivity index (χ3v) is 7.66. The minimum atomic E-state index is -4.69. The number of alkyl halides is 3. The van der Waals surface area contributed by atoms with E-state index in [9.17, 15) is 22.4 Å². The van der Waals surface area contributed by atoms with Gasteiger partial charge < -0.3 is 10.1 Å². The Kier molecular flexibility index (Phi) is 7.82. The van der Waals surface area contributed by atoms with Crippen molar-refractivity contribution in [3.8, 4) is 11.3 Å². The number of amides is 1. The Hall–Kier alpha value is -3.52. The molecule has 40 heavy (non-hydrogen) atoms. The van der Waals surface area contributed by atoms with Crippen molar-refractivity contribution < 1.29 is 27.1 Å². The molecule has 5 rings (SSSR count). The Balaban J connectivity index is 1.25. The monoisotopic (exact) mass is 592 g/mol. The summed E-state index contributed by atoms with van der Waals surface area (Å²) in [7, 11) is 0. The van der Waals surface area contributed by atoms with Crippen molar-refractivity contribution in [1.82, 2.24) is 25.3 Å². The third kappa shape index (κ3) is 5.97. The van der Waals surface area contributed by atoms with Crippen molar-refractivity contribution in [1.29, 1.82) is 0 Å². The zero-order valence-electron chi connectivity index (χ0n) is 21.0. The summed E-state index contributed by atoms with van der Waals surface area (Å²) < 4.78 is 59.5. The molecule has 0 spiro atoms. The molecule has 0 aromatic carbocycles. The van der Waals surface area contributed by atoms with Crippen LogP contribution in [0.5, 0.6) is 0 Å². The summed E-state index contributed by atoms with van der Waals surface area (Å²) in [6.45, 7) is 3.84. The smallest absolute Gasteiger partial charge is 0.348 e. The fourth-order valence-corrected chi connectivity index (χ4v) is 5.11. The summed E-state index contributed by atoms with van der Waals surface area (Å²) >= 11 is 6.67. The SMILES string of the molecule is CCc1cnc(-c2ccncc2F)cc1C1OC1NC(C)c1ncc(C(=O)Nc2cc(C(F)(F)F)c(Cl)cn2)s1. The molecule has 1 amide bonds. The lowest BCUT2D eigenvalue weighted by Gasteiger charge is -2.11. The molecule has 1 fully saturated rings. The largest absolute Gasteiger partial charge is 0.418 e. The van der Waals surface area contributed by atoms with Crippen molar-refractivity contribution in [2.75, 3.05) is 5.32 Å². The number of hydrogen-bond acceptors (Lipinski definition) is 8. The van der Waals surface area contributed by atoms with Crippen molar-refractivity contribution in [3.05, 3.63) is 86.6 Å². The quantitative estimate of drug-likeness (QED) is 0.181. The van der Waals surface area contributed by atoms with E-state index in [1.165, 1.54) is 12.4 Å². The molecule has 0 radical (unpaired) electrons. The van der Waals surface area contributed by atoms with Gasteiger partial charge in [0.15, 0.2) is 5.82 Å². The fraction of sp³-hybridized carbons (Fsp3) is 0.269. The number of ether oxygens (including phenoxy) is 1. The van der Waals surface area contributed by atoms with Gasteiger partial charge in [0.25, 0.3) is 5.91 Å². The Morgan fingerprint density at radius 2 is 1.98 bits per heavy atom. The van der Waals surface area contributed by atoms with Gasteiger partial charge in [-0.05, 0) is 42.7 Å². The zero-order chi connectivity index (χ0) is 28.6. The van der Waals surface area contributed by atoms with Gasteiger partial charge in [-0.2, -0.15) is 13.2 Å². The van der Waals surface area contributed by atoms with Gasteiger partial charge in [-0.25, -0.2) is 14.4 Å². The van der Waals surface area contributed by atoms with Crippen molar-refractivity contribution >= 4 is 34.7 Å². The number of anilines is 1. The highest BCUT2D eigenvalue weighted by Gasteiger charge is 2.43. The maximum absolute atomic E-state index is 14.3. The summed E-state index contributed by atoms with van der Waals surface area (Å²) in [5, 5.41) is 5.67. The molecule has 0 saturated carbocycles. The minimum Gasteiger partial charge on any atom is -0.348 e. The number of aryl methyl sites for hydroxylation is 1. The van der Waals surface area contributed by atoms with Gasteiger partial charge >= 0.3 is 6.18 Å². The molecule has 4 aromatic rings. The molecule has 4 aromatic heterocycles. The number of carbonyl (C=O) groups excluding carboxylic acids is 1. The topological polar surface area (TPSA) is 105 Å². The Bertz CT molecular complexity index is 1570. The number of carbonyl (C=O) groups is 1. The minimum absolute atomic E-state index is 0.189. The number of nitrogens with one attached hydrogen (secondary N) is 2. The molecule has 2 N–H and O–H groups in total. The lowest BCUT2D eigenvalue weighted by atomic mass is 10.0. The highest BCUT2D eigenvalue weighted by Crippen LogP contribution is 2.41. The van der Waals surface area contributed by atoms with E-state index < -0.39 is 28.5 Å². The molecule has 1 aliphatic heterocycles. The number of pyridine rings is 3. The average molecular weight is 593 g/mol. The number of thiazole rings is 1. The first kappa shape index (κ1) is 28.0. The van der Waals surface area contributed by atoms with E-state index >= 15 is 0 Å². The van der Waals surface area contributed by atoms with Crippen LogP contribution in [0.15, 0.2) is 49.2 Å². The standard InChI is InChI=1S/C26H21ClF4N6O2S/c1-3-13-8-33-19(14-4-5-32-10-18(14)28)6-15(13)22-24(39-22)36-12(2)25-35-11-20(40-25)23(38)37-21-7-16(26(29,30)31)17(27)9-34-21/h4-12,22,24,36H,3H2,1-2H3,(H,34,37,38). The molecule has 5 heterocycles. The van der Waals surface area contributed by atoms with E-state index in [1.54, 1.807) is 12.3 Å². The van der Waals surface area contributed by atoms with Gasteiger partial charge in [-0.1, -0.05) is 18.5 Å². The lowest BCUT2D eigenvalue weighted by Crippen LogP contribution is -2.22. The molecule has 208 valence electrons. The Morgan fingerprint density at radius 3 is 2.70 bits per heavy atom. The molecule has 3 atom stereocenters. The fourth-order valence-electron chi connectivity index (χ4n) is 4.08. The number of aromatic nitrogens is 4. The van der Waals surface area contributed by atoms with Gasteiger partial charge in [0.05, 0.1) is 34.7 Å². The first-order valence-corrected chi connectivity index (χ1v) is 13.2. The van der Waals surface area contributed by atoms with E-state index in [4.69, 9.17) is 16.3 Å². The summed E-state index contributed by atoms with van der Waals surface area (Å²) in [4.78, 5) is 29.0. The summed E-state index contributed by atoms with van der Waals surface area (Å²) in [5.74, 6) is -1.41. The number of epoxide rings is 1. The van der Waals surface area contributed by atoms with Gasteiger partial charge in [0.1, 0.15) is 28.0 Å².